The molecular weight excluding hydrogens is 677 g/mol. The van der Waals surface area contributed by atoms with E-state index in [1.54, 1.807) is 55.5 Å². The Bertz CT molecular complexity index is 1800. The Hall–Kier alpha value is -3.56. The molecule has 0 aliphatic heterocycles. The third-order valence-corrected chi connectivity index (χ3v) is 11.1. The molecule has 4 aromatic carbocycles. The van der Waals surface area contributed by atoms with Crippen molar-refractivity contribution >= 4 is 62.3 Å². The van der Waals surface area contributed by atoms with Crippen LogP contribution in [0.5, 0.6) is 0 Å². The van der Waals surface area contributed by atoms with E-state index >= 15 is 0 Å². The quantitative estimate of drug-likeness (QED) is 0.162. The van der Waals surface area contributed by atoms with Gasteiger partial charge in [0.15, 0.2) is 0 Å². The molecule has 11 heteroatoms. The molecule has 0 spiro atoms. The Kier molecular flexibility index (Phi) is 11.5. The molecule has 2 amide bonds. The summed E-state index contributed by atoms with van der Waals surface area (Å²) in [7, 11) is -4.26. The van der Waals surface area contributed by atoms with Crippen LogP contribution < -0.4 is 9.62 Å². The number of nitrogens with zero attached hydrogens (tertiary/aromatic N) is 2. The van der Waals surface area contributed by atoms with E-state index in [1.165, 1.54) is 23.1 Å². The average molecular weight is 713 g/mol. The fraction of sp³-hybridized carbons (Fsp3) is 0.278. The topological polar surface area (TPSA) is 86.8 Å². The number of carbonyl (C=O) groups is 2. The van der Waals surface area contributed by atoms with E-state index in [0.29, 0.717) is 26.2 Å². The first-order chi connectivity index (χ1) is 22.5. The van der Waals surface area contributed by atoms with Crippen molar-refractivity contribution in [2.75, 3.05) is 10.8 Å². The predicted molar refractivity (Wildman–Crippen MR) is 189 cm³/mol. The number of sulfonamides is 1. The van der Waals surface area contributed by atoms with E-state index in [0.717, 1.165) is 35.6 Å². The summed E-state index contributed by atoms with van der Waals surface area (Å²) >= 11 is 19.6. The molecule has 4 aromatic rings. The summed E-state index contributed by atoms with van der Waals surface area (Å²) in [6.45, 7) is 1.02. The van der Waals surface area contributed by atoms with Crippen molar-refractivity contribution in [3.63, 3.8) is 0 Å². The van der Waals surface area contributed by atoms with Crippen LogP contribution in [0.2, 0.25) is 15.1 Å². The molecule has 1 aliphatic rings. The highest BCUT2D eigenvalue weighted by atomic mass is 35.5. The smallest absolute Gasteiger partial charge is 0.264 e. The first-order valence-electron chi connectivity index (χ1n) is 15.4. The van der Waals surface area contributed by atoms with Crippen LogP contribution in [-0.4, -0.2) is 43.8 Å². The monoisotopic (exact) mass is 711 g/mol. The number of carbonyl (C=O) groups excluding carboxylic acids is 2. The van der Waals surface area contributed by atoms with Crippen LogP contribution in [0.15, 0.2) is 102 Å². The fourth-order valence-electron chi connectivity index (χ4n) is 5.86. The Labute approximate surface area is 291 Å². The summed E-state index contributed by atoms with van der Waals surface area (Å²) in [5.74, 6) is -0.934. The fourth-order valence-corrected chi connectivity index (χ4v) is 8.03. The second-order valence-electron chi connectivity index (χ2n) is 11.7. The van der Waals surface area contributed by atoms with Crippen LogP contribution in [0.3, 0.4) is 0 Å². The zero-order valence-corrected chi connectivity index (χ0v) is 29.0. The molecule has 1 unspecified atom stereocenters. The number of nitrogens with one attached hydrogen (secondary N) is 1. The van der Waals surface area contributed by atoms with Crippen LogP contribution >= 0.6 is 34.8 Å². The Morgan fingerprint density at radius 2 is 1.47 bits per heavy atom. The van der Waals surface area contributed by atoms with Gasteiger partial charge in [0.25, 0.3) is 10.0 Å². The number of hydrogen-bond donors (Lipinski definition) is 1. The minimum Gasteiger partial charge on any atom is -0.352 e. The molecule has 1 saturated carbocycles. The molecule has 47 heavy (non-hydrogen) atoms. The number of aryl methyl sites for hydroxylation is 1. The van der Waals surface area contributed by atoms with Gasteiger partial charge < -0.3 is 10.2 Å². The molecule has 0 bridgehead atoms. The molecule has 7 nitrogen and oxygen atoms in total. The minimum absolute atomic E-state index is 0.00712. The average Bonchev–Trinajstić information content (AvgIpc) is 3.57. The normalized spacial score (nSPS) is 14.0. The third kappa shape index (κ3) is 8.49. The lowest BCUT2D eigenvalue weighted by Crippen LogP contribution is -2.54. The number of amides is 2. The molecular formula is C36H36Cl3N3O4S. The van der Waals surface area contributed by atoms with Crippen molar-refractivity contribution in [2.45, 2.75) is 62.6 Å². The van der Waals surface area contributed by atoms with Crippen molar-refractivity contribution in [2.24, 2.45) is 0 Å². The summed E-state index contributed by atoms with van der Waals surface area (Å²) in [4.78, 5) is 30.3. The second kappa shape index (κ2) is 15.6. The Morgan fingerprint density at radius 1 is 0.851 bits per heavy atom. The molecule has 1 aliphatic carbocycles. The summed E-state index contributed by atoms with van der Waals surface area (Å²) in [6, 6.07) is 26.2. The SMILES string of the molecule is Cc1ccc(Cl)cc1N(CC(=O)N(Cc1c(Cl)cccc1Cl)C(Cc1ccccc1)C(=O)NC1CCCC1)S(=O)(=O)c1ccccc1. The highest BCUT2D eigenvalue weighted by Gasteiger charge is 2.36. The zero-order chi connectivity index (χ0) is 33.6. The van der Waals surface area contributed by atoms with Gasteiger partial charge in [-0.25, -0.2) is 8.42 Å². The lowest BCUT2D eigenvalue weighted by atomic mass is 10.0. The van der Waals surface area contributed by atoms with E-state index in [9.17, 15) is 18.0 Å². The largest absolute Gasteiger partial charge is 0.352 e. The van der Waals surface area contributed by atoms with Crippen molar-refractivity contribution in [1.82, 2.24) is 10.2 Å². The molecule has 1 atom stereocenters. The maximum atomic E-state index is 14.7. The van der Waals surface area contributed by atoms with Gasteiger partial charge in [-0.1, -0.05) is 108 Å². The number of hydrogen-bond acceptors (Lipinski definition) is 4. The first kappa shape index (κ1) is 34.8. The molecule has 5 rings (SSSR count). The van der Waals surface area contributed by atoms with Crippen LogP contribution in [0.25, 0.3) is 0 Å². The molecule has 0 radical (unpaired) electrons. The number of anilines is 1. The van der Waals surface area contributed by atoms with Crippen LogP contribution in [0, 0.1) is 6.92 Å². The third-order valence-electron chi connectivity index (χ3n) is 8.41. The van der Waals surface area contributed by atoms with Crippen LogP contribution in [-0.2, 0) is 32.6 Å². The highest BCUT2D eigenvalue weighted by molar-refractivity contribution is 7.92. The molecule has 1 fully saturated rings. The summed E-state index contributed by atoms with van der Waals surface area (Å²) in [5, 5.41) is 4.12. The van der Waals surface area contributed by atoms with E-state index in [4.69, 9.17) is 34.8 Å². The van der Waals surface area contributed by atoms with Gasteiger partial charge in [0.05, 0.1) is 10.6 Å². The van der Waals surface area contributed by atoms with Crippen molar-refractivity contribution in [3.8, 4) is 0 Å². The Balaban J connectivity index is 1.61. The summed E-state index contributed by atoms with van der Waals surface area (Å²) in [5.41, 5.74) is 2.14. The number of benzene rings is 4. The van der Waals surface area contributed by atoms with Gasteiger partial charge in [0.1, 0.15) is 12.6 Å². The van der Waals surface area contributed by atoms with Gasteiger partial charge in [-0.3, -0.25) is 13.9 Å². The molecule has 1 N–H and O–H groups in total. The number of rotatable bonds is 12. The van der Waals surface area contributed by atoms with E-state index in [2.05, 4.69) is 5.32 Å². The molecule has 246 valence electrons. The summed E-state index contributed by atoms with van der Waals surface area (Å²) in [6.07, 6.45) is 3.92. The van der Waals surface area contributed by atoms with Crippen LogP contribution in [0.1, 0.15) is 42.4 Å². The maximum Gasteiger partial charge on any atom is 0.264 e. The lowest BCUT2D eigenvalue weighted by molar-refractivity contribution is -0.140. The van der Waals surface area contributed by atoms with E-state index in [1.807, 2.05) is 30.3 Å². The van der Waals surface area contributed by atoms with Crippen LogP contribution in [0.4, 0.5) is 5.69 Å². The standard InChI is InChI=1S/C36H36Cl3N3O4S/c1-25-19-20-27(37)22-33(25)42(47(45,46)29-15-6-3-7-16-29)24-35(43)41(23-30-31(38)17-10-18-32(30)39)34(21-26-11-4-2-5-12-26)36(44)40-28-13-8-9-14-28/h2-7,10-12,15-20,22,28,34H,8-9,13-14,21,23-24H2,1H3,(H,40,44). The Morgan fingerprint density at radius 3 is 2.11 bits per heavy atom. The van der Waals surface area contributed by atoms with Crippen molar-refractivity contribution < 1.29 is 18.0 Å². The highest BCUT2D eigenvalue weighted by Crippen LogP contribution is 2.32. The molecule has 0 saturated heterocycles. The van der Waals surface area contributed by atoms with Gasteiger partial charge in [-0.2, -0.15) is 0 Å². The number of halogens is 3. The van der Waals surface area contributed by atoms with Gasteiger partial charge in [-0.15, -0.1) is 0 Å². The van der Waals surface area contributed by atoms with Crippen molar-refractivity contribution in [1.29, 1.82) is 0 Å². The zero-order valence-electron chi connectivity index (χ0n) is 25.9. The van der Waals surface area contributed by atoms with E-state index in [-0.39, 0.29) is 35.5 Å². The lowest BCUT2D eigenvalue weighted by Gasteiger charge is -2.35. The van der Waals surface area contributed by atoms with Gasteiger partial charge in [0, 0.05) is 39.6 Å². The molecule has 0 aromatic heterocycles. The maximum absolute atomic E-state index is 14.7. The summed E-state index contributed by atoms with van der Waals surface area (Å²) < 4.78 is 29.5. The predicted octanol–water partition coefficient (Wildman–Crippen LogP) is 7.85. The van der Waals surface area contributed by atoms with E-state index < -0.39 is 28.5 Å². The molecule has 0 heterocycles. The van der Waals surface area contributed by atoms with Gasteiger partial charge in [-0.05, 0) is 67.3 Å². The second-order valence-corrected chi connectivity index (χ2v) is 14.8. The first-order valence-corrected chi connectivity index (χ1v) is 18.0. The van der Waals surface area contributed by atoms with Crippen molar-refractivity contribution in [3.05, 3.63) is 129 Å². The van der Waals surface area contributed by atoms with Gasteiger partial charge >= 0.3 is 0 Å². The minimum atomic E-state index is -4.26. The van der Waals surface area contributed by atoms with Gasteiger partial charge in [0.2, 0.25) is 11.8 Å².